The summed E-state index contributed by atoms with van der Waals surface area (Å²) in [6.45, 7) is -0.504. The summed E-state index contributed by atoms with van der Waals surface area (Å²) in [6, 6.07) is 9.32. The number of nitro groups is 2. The van der Waals surface area contributed by atoms with Gasteiger partial charge in [-0.25, -0.2) is 0 Å². The lowest BCUT2D eigenvalue weighted by Crippen LogP contribution is -2.20. The minimum Gasteiger partial charge on any atom is -0.496 e. The Balaban J connectivity index is 2.04. The molecule has 0 saturated carbocycles. The fraction of sp³-hybridized carbons (Fsp3) is 0.133. The summed E-state index contributed by atoms with van der Waals surface area (Å²) in [7, 11) is 1.37. The van der Waals surface area contributed by atoms with Crippen molar-refractivity contribution in [1.29, 1.82) is 0 Å². The minimum atomic E-state index is -0.656. The van der Waals surface area contributed by atoms with Crippen LogP contribution >= 0.6 is 0 Å². The Kier molecular flexibility index (Phi) is 5.46. The van der Waals surface area contributed by atoms with Gasteiger partial charge in [0.05, 0.1) is 23.0 Å². The maximum Gasteiger partial charge on any atom is 0.314 e. The van der Waals surface area contributed by atoms with Crippen LogP contribution in [0, 0.1) is 20.2 Å². The normalized spacial score (nSPS) is 9.96. The number of benzene rings is 2. The Morgan fingerprint density at radius 3 is 2.52 bits per heavy atom. The van der Waals surface area contributed by atoms with Crippen LogP contribution in [0.1, 0.15) is 0 Å². The number of hydrogen-bond acceptors (Lipinski definition) is 7. The van der Waals surface area contributed by atoms with E-state index >= 15 is 0 Å². The molecule has 0 heterocycles. The standard InChI is InChI=1S/C15H13N3O7/c1-24-12-5-6-14(13(8-12)18(22)23)25-9-15(19)16-10-3-2-4-11(7-10)17(20)21/h2-8H,9H2,1H3,(H,16,19). The van der Waals surface area contributed by atoms with Crippen molar-refractivity contribution in [3.8, 4) is 11.5 Å². The number of carbonyl (C=O) groups excluding carboxylic acids is 1. The van der Waals surface area contributed by atoms with E-state index in [0.717, 1.165) is 0 Å². The summed E-state index contributed by atoms with van der Waals surface area (Å²) in [5.41, 5.74) is -0.306. The molecule has 0 spiro atoms. The summed E-state index contributed by atoms with van der Waals surface area (Å²) in [4.78, 5) is 32.4. The summed E-state index contributed by atoms with van der Waals surface area (Å²) >= 11 is 0. The summed E-state index contributed by atoms with van der Waals surface area (Å²) in [5.74, 6) is -0.439. The number of non-ortho nitro benzene ring substituents is 1. The van der Waals surface area contributed by atoms with Gasteiger partial charge in [-0.05, 0) is 18.2 Å². The predicted octanol–water partition coefficient (Wildman–Crippen LogP) is 2.53. The van der Waals surface area contributed by atoms with Crippen LogP contribution in [0.5, 0.6) is 11.5 Å². The van der Waals surface area contributed by atoms with Gasteiger partial charge < -0.3 is 14.8 Å². The average Bonchev–Trinajstić information content (AvgIpc) is 2.59. The van der Waals surface area contributed by atoms with Crippen molar-refractivity contribution in [3.05, 3.63) is 62.7 Å². The number of hydrogen-bond donors (Lipinski definition) is 1. The average molecular weight is 347 g/mol. The first-order valence-corrected chi connectivity index (χ1v) is 6.90. The molecule has 0 unspecified atom stereocenters. The Morgan fingerprint density at radius 2 is 1.88 bits per heavy atom. The van der Waals surface area contributed by atoms with Gasteiger partial charge in [0.25, 0.3) is 11.6 Å². The zero-order valence-electron chi connectivity index (χ0n) is 13.0. The van der Waals surface area contributed by atoms with Gasteiger partial charge in [0.15, 0.2) is 12.4 Å². The number of ether oxygens (including phenoxy) is 2. The van der Waals surface area contributed by atoms with Crippen molar-refractivity contribution in [3.63, 3.8) is 0 Å². The molecule has 2 aromatic carbocycles. The first kappa shape index (κ1) is 17.7. The molecular weight excluding hydrogens is 334 g/mol. The zero-order valence-corrected chi connectivity index (χ0v) is 13.0. The van der Waals surface area contributed by atoms with Gasteiger partial charge in [-0.15, -0.1) is 0 Å². The van der Waals surface area contributed by atoms with E-state index in [9.17, 15) is 25.0 Å². The molecule has 2 aromatic rings. The molecule has 2 rings (SSSR count). The van der Waals surface area contributed by atoms with E-state index in [-0.39, 0.29) is 28.6 Å². The Bertz CT molecular complexity index is 823. The molecule has 0 radical (unpaired) electrons. The molecule has 1 amide bonds. The molecule has 0 atom stereocenters. The third-order valence-electron chi connectivity index (χ3n) is 3.06. The second-order valence-electron chi connectivity index (χ2n) is 4.74. The molecular formula is C15H13N3O7. The lowest BCUT2D eigenvalue weighted by Gasteiger charge is -2.08. The topological polar surface area (TPSA) is 134 Å². The molecule has 0 saturated heterocycles. The van der Waals surface area contributed by atoms with Gasteiger partial charge in [0.2, 0.25) is 0 Å². The fourth-order valence-corrected chi connectivity index (χ4v) is 1.93. The van der Waals surface area contributed by atoms with E-state index in [1.165, 1.54) is 49.6 Å². The monoisotopic (exact) mass is 347 g/mol. The summed E-state index contributed by atoms with van der Waals surface area (Å²) < 4.78 is 10.1. The number of nitro benzene ring substituents is 2. The highest BCUT2D eigenvalue weighted by Crippen LogP contribution is 2.31. The van der Waals surface area contributed by atoms with Crippen LogP contribution in [0.25, 0.3) is 0 Å². The van der Waals surface area contributed by atoms with E-state index in [1.54, 1.807) is 0 Å². The first-order chi connectivity index (χ1) is 11.9. The smallest absolute Gasteiger partial charge is 0.314 e. The molecule has 10 heteroatoms. The number of methoxy groups -OCH3 is 1. The molecule has 25 heavy (non-hydrogen) atoms. The highest BCUT2D eigenvalue weighted by atomic mass is 16.6. The zero-order chi connectivity index (χ0) is 18.4. The molecule has 130 valence electrons. The molecule has 0 fully saturated rings. The van der Waals surface area contributed by atoms with Gasteiger partial charge in [-0.1, -0.05) is 6.07 Å². The number of carbonyl (C=O) groups is 1. The Morgan fingerprint density at radius 1 is 1.12 bits per heavy atom. The van der Waals surface area contributed by atoms with Gasteiger partial charge >= 0.3 is 5.69 Å². The van der Waals surface area contributed by atoms with Crippen LogP contribution < -0.4 is 14.8 Å². The van der Waals surface area contributed by atoms with Crippen LogP contribution in [0.15, 0.2) is 42.5 Å². The van der Waals surface area contributed by atoms with Gasteiger partial charge in [-0.3, -0.25) is 25.0 Å². The van der Waals surface area contributed by atoms with Crippen molar-refractivity contribution in [1.82, 2.24) is 0 Å². The lowest BCUT2D eigenvalue weighted by molar-refractivity contribution is -0.385. The van der Waals surface area contributed by atoms with E-state index in [1.807, 2.05) is 0 Å². The molecule has 0 bridgehead atoms. The number of nitrogens with one attached hydrogen (secondary N) is 1. The Hall–Kier alpha value is -3.69. The summed E-state index contributed by atoms with van der Waals surface area (Å²) in [6.07, 6.45) is 0. The SMILES string of the molecule is COc1ccc(OCC(=O)Nc2cccc([N+](=O)[O-])c2)c([N+](=O)[O-])c1. The molecule has 10 nitrogen and oxygen atoms in total. The van der Waals surface area contributed by atoms with Crippen LogP contribution in [-0.4, -0.2) is 29.5 Å². The second kappa shape index (κ2) is 7.73. The van der Waals surface area contributed by atoms with Gasteiger partial charge in [0, 0.05) is 17.8 Å². The molecule has 0 aliphatic carbocycles. The third kappa shape index (κ3) is 4.64. The number of amides is 1. The van der Waals surface area contributed by atoms with Crippen LogP contribution in [-0.2, 0) is 4.79 Å². The molecule has 0 aromatic heterocycles. The van der Waals surface area contributed by atoms with Gasteiger partial charge in [0.1, 0.15) is 5.75 Å². The van der Waals surface area contributed by atoms with Crippen molar-refractivity contribution < 1.29 is 24.1 Å². The van der Waals surface area contributed by atoms with Crippen LogP contribution in [0.3, 0.4) is 0 Å². The lowest BCUT2D eigenvalue weighted by atomic mass is 10.2. The fourth-order valence-electron chi connectivity index (χ4n) is 1.93. The highest BCUT2D eigenvalue weighted by Gasteiger charge is 2.18. The highest BCUT2D eigenvalue weighted by molar-refractivity contribution is 5.92. The van der Waals surface area contributed by atoms with Crippen LogP contribution in [0.2, 0.25) is 0 Å². The maximum atomic E-state index is 11.9. The van der Waals surface area contributed by atoms with Gasteiger partial charge in [-0.2, -0.15) is 0 Å². The summed E-state index contributed by atoms with van der Waals surface area (Å²) in [5, 5.41) is 24.1. The van der Waals surface area contributed by atoms with Crippen LogP contribution in [0.4, 0.5) is 17.1 Å². The van der Waals surface area contributed by atoms with E-state index < -0.39 is 22.4 Å². The first-order valence-electron chi connectivity index (χ1n) is 6.90. The second-order valence-corrected chi connectivity index (χ2v) is 4.74. The van der Waals surface area contributed by atoms with E-state index in [4.69, 9.17) is 9.47 Å². The van der Waals surface area contributed by atoms with Crippen molar-refractivity contribution in [2.24, 2.45) is 0 Å². The van der Waals surface area contributed by atoms with Crippen molar-refractivity contribution >= 4 is 23.0 Å². The predicted molar refractivity (Wildman–Crippen MR) is 86.9 cm³/mol. The number of nitrogens with zero attached hydrogens (tertiary/aromatic N) is 2. The van der Waals surface area contributed by atoms with E-state index in [0.29, 0.717) is 0 Å². The molecule has 0 aliphatic rings. The third-order valence-corrected chi connectivity index (χ3v) is 3.06. The molecule has 1 N–H and O–H groups in total. The number of rotatable bonds is 7. The largest absolute Gasteiger partial charge is 0.496 e. The maximum absolute atomic E-state index is 11.9. The quantitative estimate of drug-likeness (QED) is 0.600. The van der Waals surface area contributed by atoms with Crippen molar-refractivity contribution in [2.75, 3.05) is 19.0 Å². The Labute approximate surface area is 141 Å². The molecule has 0 aliphatic heterocycles. The van der Waals surface area contributed by atoms with E-state index in [2.05, 4.69) is 5.32 Å². The minimum absolute atomic E-state index is 0.0972. The number of anilines is 1. The van der Waals surface area contributed by atoms with Crippen molar-refractivity contribution in [2.45, 2.75) is 0 Å².